The lowest BCUT2D eigenvalue weighted by atomic mass is 10.3. The molecule has 0 aromatic carbocycles. The van der Waals surface area contributed by atoms with Gasteiger partial charge in [-0.2, -0.15) is 0 Å². The van der Waals surface area contributed by atoms with E-state index in [1.165, 1.54) is 4.68 Å². The summed E-state index contributed by atoms with van der Waals surface area (Å²) in [5.74, 6) is 0.513. The normalized spacial score (nSPS) is 12.4. The molecule has 2 heterocycles. The van der Waals surface area contributed by atoms with Gasteiger partial charge in [-0.25, -0.2) is 4.68 Å². The molecule has 9 heteroatoms. The molecular formula is C10H16N8O. The molecule has 2 aromatic heterocycles. The Morgan fingerprint density at radius 2 is 2.32 bits per heavy atom. The molecule has 1 unspecified atom stereocenters. The third-order valence-electron chi connectivity index (χ3n) is 2.61. The molecule has 2 aromatic rings. The molecule has 102 valence electrons. The minimum Gasteiger partial charge on any atom is -0.345 e. The zero-order valence-electron chi connectivity index (χ0n) is 10.8. The first kappa shape index (κ1) is 13.1. The van der Waals surface area contributed by atoms with Crippen molar-refractivity contribution in [2.24, 2.45) is 12.8 Å². The van der Waals surface area contributed by atoms with Gasteiger partial charge in [0.15, 0.2) is 5.82 Å². The van der Waals surface area contributed by atoms with Crippen molar-refractivity contribution in [3.63, 3.8) is 0 Å². The molecule has 0 radical (unpaired) electrons. The highest BCUT2D eigenvalue weighted by atomic mass is 16.2. The van der Waals surface area contributed by atoms with Crippen molar-refractivity contribution < 1.29 is 4.79 Å². The lowest BCUT2D eigenvalue weighted by Gasteiger charge is -2.12. The molecule has 1 amide bonds. The molecule has 3 N–H and O–H groups in total. The number of nitrogens with two attached hydrogens (primary N) is 1. The molecule has 0 bridgehead atoms. The van der Waals surface area contributed by atoms with Crippen LogP contribution in [0.25, 0.3) is 0 Å². The molecule has 0 spiro atoms. The van der Waals surface area contributed by atoms with Gasteiger partial charge in [0.2, 0.25) is 5.91 Å². The molecule has 1 atom stereocenters. The Labute approximate surface area is 109 Å². The average Bonchev–Trinajstić information content (AvgIpc) is 2.97. The fourth-order valence-corrected chi connectivity index (χ4v) is 1.69. The Morgan fingerprint density at radius 3 is 2.89 bits per heavy atom. The predicted molar refractivity (Wildman–Crippen MR) is 65.5 cm³/mol. The smallest absolute Gasteiger partial charge is 0.242 e. The fraction of sp³-hybridized carbons (Fsp3) is 0.500. The van der Waals surface area contributed by atoms with Gasteiger partial charge >= 0.3 is 0 Å². The molecule has 0 saturated heterocycles. The molecule has 2 rings (SSSR count). The van der Waals surface area contributed by atoms with E-state index in [2.05, 4.69) is 25.8 Å². The first-order chi connectivity index (χ1) is 9.10. The van der Waals surface area contributed by atoms with Crippen LogP contribution in [0, 0.1) is 0 Å². The van der Waals surface area contributed by atoms with E-state index in [-0.39, 0.29) is 18.5 Å². The molecule has 0 aliphatic heterocycles. The molecule has 0 aliphatic rings. The van der Waals surface area contributed by atoms with Crippen molar-refractivity contribution in [2.75, 3.05) is 0 Å². The Hall–Kier alpha value is -2.29. The zero-order valence-corrected chi connectivity index (χ0v) is 10.8. The lowest BCUT2D eigenvalue weighted by Crippen LogP contribution is -2.31. The van der Waals surface area contributed by atoms with E-state index in [0.29, 0.717) is 18.1 Å². The minimum absolute atomic E-state index is 0.0925. The van der Waals surface area contributed by atoms with Crippen LogP contribution in [0.15, 0.2) is 12.5 Å². The highest BCUT2D eigenvalue weighted by Gasteiger charge is 2.14. The van der Waals surface area contributed by atoms with Gasteiger partial charge in [-0.3, -0.25) is 4.79 Å². The summed E-state index contributed by atoms with van der Waals surface area (Å²) in [7, 11) is 1.82. The van der Waals surface area contributed by atoms with Gasteiger partial charge in [0.25, 0.3) is 0 Å². The third kappa shape index (κ3) is 3.13. The van der Waals surface area contributed by atoms with Crippen molar-refractivity contribution in [2.45, 2.75) is 26.1 Å². The van der Waals surface area contributed by atoms with E-state index < -0.39 is 0 Å². The Balaban J connectivity index is 1.92. The van der Waals surface area contributed by atoms with Crippen LogP contribution in [0.5, 0.6) is 0 Å². The highest BCUT2D eigenvalue weighted by molar-refractivity contribution is 5.75. The molecule has 9 nitrogen and oxygen atoms in total. The van der Waals surface area contributed by atoms with E-state index in [1.807, 2.05) is 14.0 Å². The van der Waals surface area contributed by atoms with Gasteiger partial charge in [0.05, 0.1) is 17.9 Å². The predicted octanol–water partition coefficient (Wildman–Crippen LogP) is -1.26. The summed E-state index contributed by atoms with van der Waals surface area (Å²) in [5, 5.41) is 18.1. The number of nitrogens with one attached hydrogen (secondary N) is 1. The number of rotatable bonds is 5. The summed E-state index contributed by atoms with van der Waals surface area (Å²) in [5.41, 5.74) is 6.07. The van der Waals surface area contributed by atoms with E-state index in [9.17, 15) is 4.79 Å². The summed E-state index contributed by atoms with van der Waals surface area (Å²) in [4.78, 5) is 11.8. The van der Waals surface area contributed by atoms with Gasteiger partial charge < -0.3 is 15.6 Å². The highest BCUT2D eigenvalue weighted by Crippen LogP contribution is 2.06. The van der Waals surface area contributed by atoms with Crippen LogP contribution >= 0.6 is 0 Å². The monoisotopic (exact) mass is 264 g/mol. The number of aryl methyl sites for hydroxylation is 1. The van der Waals surface area contributed by atoms with Crippen LogP contribution in [0.1, 0.15) is 24.5 Å². The Morgan fingerprint density at radius 1 is 1.53 bits per heavy atom. The summed E-state index contributed by atoms with van der Waals surface area (Å²) in [6.07, 6.45) is 3.23. The average molecular weight is 264 g/mol. The van der Waals surface area contributed by atoms with E-state index in [1.54, 1.807) is 17.1 Å². The number of amides is 1. The number of hydrogen-bond donors (Lipinski definition) is 2. The number of nitrogens with zero attached hydrogens (tertiary/aromatic N) is 6. The number of hydrogen-bond acceptors (Lipinski definition) is 6. The maximum Gasteiger partial charge on any atom is 0.242 e. The largest absolute Gasteiger partial charge is 0.345 e. The number of aromatic nitrogens is 6. The van der Waals surface area contributed by atoms with Crippen LogP contribution in [-0.4, -0.2) is 35.7 Å². The first-order valence-corrected chi connectivity index (χ1v) is 5.82. The standard InChI is InChI=1S/C10H16N8O/c1-7(10-15-12-6-17(10)2)13-9(19)5-18-4-8(3-11)14-16-18/h4,6-7H,3,5,11H2,1-2H3,(H,13,19). The van der Waals surface area contributed by atoms with Crippen LogP contribution in [0.4, 0.5) is 0 Å². The van der Waals surface area contributed by atoms with Crippen LogP contribution in [-0.2, 0) is 24.9 Å². The molecular weight excluding hydrogens is 248 g/mol. The van der Waals surface area contributed by atoms with Crippen molar-refractivity contribution in [1.82, 2.24) is 35.1 Å². The summed E-state index contributed by atoms with van der Waals surface area (Å²) >= 11 is 0. The van der Waals surface area contributed by atoms with E-state index in [0.717, 1.165) is 0 Å². The maximum atomic E-state index is 11.8. The topological polar surface area (TPSA) is 117 Å². The van der Waals surface area contributed by atoms with Gasteiger partial charge in [0.1, 0.15) is 12.9 Å². The van der Waals surface area contributed by atoms with Crippen molar-refractivity contribution in [3.8, 4) is 0 Å². The third-order valence-corrected chi connectivity index (χ3v) is 2.61. The maximum absolute atomic E-state index is 11.8. The molecule has 0 saturated carbocycles. The Bertz CT molecular complexity index is 559. The van der Waals surface area contributed by atoms with Crippen molar-refractivity contribution in [1.29, 1.82) is 0 Å². The number of carbonyl (C=O) groups excluding carboxylic acids is 1. The van der Waals surface area contributed by atoms with E-state index in [4.69, 9.17) is 5.73 Å². The van der Waals surface area contributed by atoms with Crippen LogP contribution in [0.3, 0.4) is 0 Å². The minimum atomic E-state index is -0.225. The first-order valence-electron chi connectivity index (χ1n) is 5.82. The zero-order chi connectivity index (χ0) is 13.8. The second-order valence-electron chi connectivity index (χ2n) is 4.20. The van der Waals surface area contributed by atoms with Crippen molar-refractivity contribution in [3.05, 3.63) is 24.0 Å². The molecule has 0 aliphatic carbocycles. The van der Waals surface area contributed by atoms with E-state index >= 15 is 0 Å². The Kier molecular flexibility index (Phi) is 3.85. The quantitative estimate of drug-likeness (QED) is 0.696. The van der Waals surface area contributed by atoms with Crippen LogP contribution in [0.2, 0.25) is 0 Å². The number of carbonyl (C=O) groups is 1. The molecule has 19 heavy (non-hydrogen) atoms. The van der Waals surface area contributed by atoms with Gasteiger partial charge in [0, 0.05) is 13.6 Å². The second kappa shape index (κ2) is 5.57. The SMILES string of the molecule is CC(NC(=O)Cn1cc(CN)nn1)c1nncn1C. The van der Waals surface area contributed by atoms with Crippen molar-refractivity contribution >= 4 is 5.91 Å². The fourth-order valence-electron chi connectivity index (χ4n) is 1.69. The summed E-state index contributed by atoms with van der Waals surface area (Å²) < 4.78 is 3.20. The molecule has 0 fully saturated rings. The second-order valence-corrected chi connectivity index (χ2v) is 4.20. The lowest BCUT2D eigenvalue weighted by molar-refractivity contribution is -0.122. The summed E-state index contributed by atoms with van der Waals surface area (Å²) in [6, 6.07) is -0.225. The van der Waals surface area contributed by atoms with Crippen LogP contribution < -0.4 is 11.1 Å². The summed E-state index contributed by atoms with van der Waals surface area (Å²) in [6.45, 7) is 2.24. The van der Waals surface area contributed by atoms with Gasteiger partial charge in [-0.15, -0.1) is 15.3 Å². The van der Waals surface area contributed by atoms with Gasteiger partial charge in [-0.1, -0.05) is 5.21 Å². The van der Waals surface area contributed by atoms with Gasteiger partial charge in [-0.05, 0) is 6.92 Å².